The molecule has 2 heterocycles. The fourth-order valence-corrected chi connectivity index (χ4v) is 4.39. The van der Waals surface area contributed by atoms with Crippen LogP contribution in [0.15, 0.2) is 78.9 Å². The number of carbonyl (C=O) groups is 1. The Balaban J connectivity index is 1.28. The fraction of sp³-hybridized carbons (Fsp3) is 0.231. The van der Waals surface area contributed by atoms with E-state index < -0.39 is 0 Å². The molecule has 1 aromatic heterocycles. The number of benzene rings is 3. The van der Waals surface area contributed by atoms with E-state index in [0.717, 1.165) is 22.5 Å². The lowest BCUT2D eigenvalue weighted by Crippen LogP contribution is -2.49. The van der Waals surface area contributed by atoms with Crippen LogP contribution < -0.4 is 4.90 Å². The van der Waals surface area contributed by atoms with Crippen LogP contribution in [0, 0.1) is 5.82 Å². The predicted molar refractivity (Wildman–Crippen MR) is 125 cm³/mol. The molecular weight excluding hydrogens is 403 g/mol. The molecule has 1 saturated heterocycles. The highest BCUT2D eigenvalue weighted by atomic mass is 19.1. The summed E-state index contributed by atoms with van der Waals surface area (Å²) in [6.07, 6.45) is 0.964. The number of anilines is 1. The first-order valence-electron chi connectivity index (χ1n) is 11.0. The van der Waals surface area contributed by atoms with Gasteiger partial charge in [0, 0.05) is 44.7 Å². The summed E-state index contributed by atoms with van der Waals surface area (Å²) in [7, 11) is 0. The van der Waals surface area contributed by atoms with Crippen molar-refractivity contribution >= 4 is 22.6 Å². The molecule has 5 nitrogen and oxygen atoms in total. The van der Waals surface area contributed by atoms with E-state index in [-0.39, 0.29) is 11.7 Å². The third-order valence-electron chi connectivity index (χ3n) is 6.03. The van der Waals surface area contributed by atoms with Gasteiger partial charge in [0.2, 0.25) is 5.91 Å². The van der Waals surface area contributed by atoms with Crippen molar-refractivity contribution in [2.24, 2.45) is 0 Å². The monoisotopic (exact) mass is 428 g/mol. The van der Waals surface area contributed by atoms with Gasteiger partial charge in [0.25, 0.3) is 0 Å². The van der Waals surface area contributed by atoms with Gasteiger partial charge >= 0.3 is 0 Å². The second-order valence-corrected chi connectivity index (χ2v) is 8.01. The number of aryl methyl sites for hydroxylation is 1. The molecular formula is C26H25FN4O. The molecule has 0 radical (unpaired) electrons. The summed E-state index contributed by atoms with van der Waals surface area (Å²) in [6, 6.07) is 25.0. The van der Waals surface area contributed by atoms with E-state index >= 15 is 0 Å². The van der Waals surface area contributed by atoms with Crippen LogP contribution in [0.2, 0.25) is 0 Å². The number of imidazole rings is 1. The van der Waals surface area contributed by atoms with Gasteiger partial charge in [-0.05, 0) is 36.4 Å². The molecule has 1 amide bonds. The zero-order chi connectivity index (χ0) is 21.9. The quantitative estimate of drug-likeness (QED) is 0.472. The lowest BCUT2D eigenvalue weighted by atomic mass is 10.2. The molecule has 162 valence electrons. The molecule has 4 aromatic rings. The highest BCUT2D eigenvalue weighted by molar-refractivity contribution is 5.79. The average molecular weight is 429 g/mol. The summed E-state index contributed by atoms with van der Waals surface area (Å²) in [4.78, 5) is 21.6. The summed E-state index contributed by atoms with van der Waals surface area (Å²) in [6.45, 7) is 2.47. The molecule has 1 aliphatic heterocycles. The van der Waals surface area contributed by atoms with E-state index in [1.165, 1.54) is 6.07 Å². The van der Waals surface area contributed by atoms with Crippen molar-refractivity contribution < 1.29 is 9.18 Å². The van der Waals surface area contributed by atoms with Crippen LogP contribution >= 0.6 is 0 Å². The van der Waals surface area contributed by atoms with Crippen molar-refractivity contribution in [2.75, 3.05) is 31.1 Å². The molecule has 0 N–H and O–H groups in total. The number of rotatable bonds is 5. The smallest absolute Gasteiger partial charge is 0.223 e. The van der Waals surface area contributed by atoms with Crippen molar-refractivity contribution in [3.8, 4) is 5.69 Å². The van der Waals surface area contributed by atoms with Crippen LogP contribution in [0.5, 0.6) is 0 Å². The van der Waals surface area contributed by atoms with Crippen molar-refractivity contribution in [3.63, 3.8) is 0 Å². The van der Waals surface area contributed by atoms with Crippen LogP contribution in [0.1, 0.15) is 12.2 Å². The summed E-state index contributed by atoms with van der Waals surface area (Å²) in [5.41, 5.74) is 3.62. The maximum absolute atomic E-state index is 14.1. The fourth-order valence-electron chi connectivity index (χ4n) is 4.39. The Labute approximate surface area is 186 Å². The molecule has 6 heteroatoms. The first-order chi connectivity index (χ1) is 15.7. The van der Waals surface area contributed by atoms with E-state index in [2.05, 4.69) is 22.8 Å². The molecule has 0 saturated carbocycles. The van der Waals surface area contributed by atoms with Gasteiger partial charge in [0.15, 0.2) is 0 Å². The second kappa shape index (κ2) is 8.83. The van der Waals surface area contributed by atoms with Crippen LogP contribution in [0.4, 0.5) is 10.1 Å². The molecule has 3 aromatic carbocycles. The number of para-hydroxylation sites is 4. The van der Waals surface area contributed by atoms with Crippen LogP contribution in [0.25, 0.3) is 16.7 Å². The number of carbonyl (C=O) groups excluding carboxylic acids is 1. The SMILES string of the molecule is O=C(CCc1nc2ccccc2n1-c1ccccc1)N1CCN(c2ccccc2F)CC1. The van der Waals surface area contributed by atoms with E-state index in [1.54, 1.807) is 12.1 Å². The molecule has 0 bridgehead atoms. The summed E-state index contributed by atoms with van der Waals surface area (Å²) in [5, 5.41) is 0. The van der Waals surface area contributed by atoms with E-state index in [1.807, 2.05) is 52.3 Å². The van der Waals surface area contributed by atoms with Gasteiger partial charge in [-0.1, -0.05) is 42.5 Å². The number of hydrogen-bond acceptors (Lipinski definition) is 3. The third kappa shape index (κ3) is 3.96. The number of hydrogen-bond donors (Lipinski definition) is 0. The Morgan fingerprint density at radius 3 is 2.31 bits per heavy atom. The zero-order valence-electron chi connectivity index (χ0n) is 17.8. The minimum atomic E-state index is -0.216. The van der Waals surface area contributed by atoms with Crippen LogP contribution in [-0.2, 0) is 11.2 Å². The topological polar surface area (TPSA) is 41.4 Å². The third-order valence-corrected chi connectivity index (χ3v) is 6.03. The van der Waals surface area contributed by atoms with E-state index in [9.17, 15) is 9.18 Å². The standard InChI is InChI=1S/C26H25FN4O/c27-21-10-4-6-12-23(21)29-16-18-30(19-17-29)26(32)15-14-25-28-22-11-5-7-13-24(22)31(25)20-8-2-1-3-9-20/h1-13H,14-19H2. The van der Waals surface area contributed by atoms with Crippen molar-refractivity contribution in [1.29, 1.82) is 0 Å². The lowest BCUT2D eigenvalue weighted by molar-refractivity contribution is -0.131. The van der Waals surface area contributed by atoms with Gasteiger partial charge in [-0.3, -0.25) is 9.36 Å². The normalized spacial score (nSPS) is 14.2. The summed E-state index contributed by atoms with van der Waals surface area (Å²) in [5.74, 6) is 0.785. The molecule has 1 aliphatic rings. The van der Waals surface area contributed by atoms with E-state index in [0.29, 0.717) is 44.7 Å². The Hall–Kier alpha value is -3.67. The van der Waals surface area contributed by atoms with Gasteiger partial charge < -0.3 is 9.80 Å². The number of nitrogens with zero attached hydrogens (tertiary/aromatic N) is 4. The molecule has 0 unspecified atom stereocenters. The minimum Gasteiger partial charge on any atom is -0.366 e. The maximum atomic E-state index is 14.1. The van der Waals surface area contributed by atoms with Gasteiger partial charge in [-0.15, -0.1) is 0 Å². The van der Waals surface area contributed by atoms with E-state index in [4.69, 9.17) is 4.98 Å². The van der Waals surface area contributed by atoms with Gasteiger partial charge in [-0.25, -0.2) is 9.37 Å². The molecule has 0 spiro atoms. The lowest BCUT2D eigenvalue weighted by Gasteiger charge is -2.36. The molecule has 32 heavy (non-hydrogen) atoms. The van der Waals surface area contributed by atoms with Gasteiger partial charge in [0.05, 0.1) is 16.7 Å². The molecule has 1 fully saturated rings. The van der Waals surface area contributed by atoms with Crippen molar-refractivity contribution in [2.45, 2.75) is 12.8 Å². The number of amides is 1. The average Bonchev–Trinajstić information content (AvgIpc) is 3.22. The maximum Gasteiger partial charge on any atom is 0.223 e. The van der Waals surface area contributed by atoms with Crippen molar-refractivity contribution in [1.82, 2.24) is 14.5 Å². The van der Waals surface area contributed by atoms with Crippen molar-refractivity contribution in [3.05, 3.63) is 90.5 Å². The Morgan fingerprint density at radius 1 is 0.844 bits per heavy atom. The van der Waals surface area contributed by atoms with Gasteiger partial charge in [0.1, 0.15) is 11.6 Å². The Bertz CT molecular complexity index is 1230. The second-order valence-electron chi connectivity index (χ2n) is 8.01. The number of piperazine rings is 1. The van der Waals surface area contributed by atoms with Crippen LogP contribution in [-0.4, -0.2) is 46.5 Å². The minimum absolute atomic E-state index is 0.116. The molecule has 0 atom stereocenters. The predicted octanol–water partition coefficient (Wildman–Crippen LogP) is 4.45. The number of halogens is 1. The Kier molecular flexibility index (Phi) is 5.58. The van der Waals surface area contributed by atoms with Crippen LogP contribution in [0.3, 0.4) is 0 Å². The number of aromatic nitrogens is 2. The summed E-state index contributed by atoms with van der Waals surface area (Å²) < 4.78 is 16.2. The number of fused-ring (bicyclic) bond motifs is 1. The Morgan fingerprint density at radius 2 is 1.53 bits per heavy atom. The first kappa shape index (κ1) is 20.2. The molecule has 5 rings (SSSR count). The zero-order valence-corrected chi connectivity index (χ0v) is 17.8. The van der Waals surface area contributed by atoms with Gasteiger partial charge in [-0.2, -0.15) is 0 Å². The molecule has 0 aliphatic carbocycles. The first-order valence-corrected chi connectivity index (χ1v) is 11.0. The summed E-state index contributed by atoms with van der Waals surface area (Å²) >= 11 is 0. The highest BCUT2D eigenvalue weighted by Crippen LogP contribution is 2.23. The largest absolute Gasteiger partial charge is 0.366 e. The highest BCUT2D eigenvalue weighted by Gasteiger charge is 2.23.